The normalized spacial score (nSPS) is 24.5. The molecule has 1 N–H and O–H groups in total. The largest absolute Gasteiger partial charge is 0.490 e. The van der Waals surface area contributed by atoms with Crippen LogP contribution in [0.3, 0.4) is 0 Å². The number of hydrogen-bond acceptors (Lipinski definition) is 7. The van der Waals surface area contributed by atoms with Crippen molar-refractivity contribution in [2.45, 2.75) is 63.5 Å². The Labute approximate surface area is 189 Å². The van der Waals surface area contributed by atoms with Crippen LogP contribution in [0.4, 0.5) is 5.13 Å². The molecular formula is C24H34N4O2S. The van der Waals surface area contributed by atoms with Gasteiger partial charge in [0.25, 0.3) is 0 Å². The van der Waals surface area contributed by atoms with E-state index < -0.39 is 5.60 Å². The van der Waals surface area contributed by atoms with E-state index in [0.29, 0.717) is 17.9 Å². The molecule has 5 rings (SSSR count). The Kier molecular flexibility index (Phi) is 5.69. The van der Waals surface area contributed by atoms with Gasteiger partial charge in [-0.1, -0.05) is 18.2 Å². The summed E-state index contributed by atoms with van der Waals surface area (Å²) in [6.07, 6.45) is 8.05. The average molecular weight is 443 g/mol. The van der Waals surface area contributed by atoms with Crippen LogP contribution in [0, 0.1) is 5.41 Å². The predicted octanol–water partition coefficient (Wildman–Crippen LogP) is 3.93. The molecule has 0 radical (unpaired) electrons. The Hall–Kier alpha value is -1.70. The molecule has 1 aromatic carbocycles. The lowest BCUT2D eigenvalue weighted by Gasteiger charge is -2.48. The van der Waals surface area contributed by atoms with Crippen LogP contribution in [-0.4, -0.2) is 63.8 Å². The number of benzene rings is 1. The molecule has 1 aromatic heterocycles. The molecule has 2 aliphatic heterocycles. The maximum Gasteiger partial charge on any atom is 0.204 e. The third-order valence-corrected chi connectivity index (χ3v) is 8.06. The van der Waals surface area contributed by atoms with Crippen molar-refractivity contribution >= 4 is 16.7 Å². The van der Waals surface area contributed by atoms with Gasteiger partial charge in [0.15, 0.2) is 0 Å². The molecule has 3 aliphatic rings. The first-order valence-electron chi connectivity index (χ1n) is 11.6. The predicted molar refractivity (Wildman–Crippen MR) is 124 cm³/mol. The highest BCUT2D eigenvalue weighted by molar-refractivity contribution is 7.09. The van der Waals surface area contributed by atoms with Crippen LogP contribution in [0.2, 0.25) is 0 Å². The van der Waals surface area contributed by atoms with Crippen molar-refractivity contribution in [3.05, 3.63) is 36.2 Å². The number of piperidine rings is 1. The molecule has 1 saturated carbocycles. The minimum absolute atomic E-state index is 0.321. The zero-order valence-electron chi connectivity index (χ0n) is 18.7. The summed E-state index contributed by atoms with van der Waals surface area (Å²) in [4.78, 5) is 9.52. The Bertz CT molecular complexity index is 868. The van der Waals surface area contributed by atoms with Gasteiger partial charge < -0.3 is 19.6 Å². The first-order chi connectivity index (χ1) is 14.9. The number of ether oxygens (including phenoxy) is 1. The molecule has 7 heteroatoms. The molecule has 0 amide bonds. The number of anilines is 1. The Morgan fingerprint density at radius 2 is 1.97 bits per heavy atom. The molecule has 1 atom stereocenters. The second-order valence-electron chi connectivity index (χ2n) is 10.4. The maximum absolute atomic E-state index is 10.0. The number of likely N-dealkylation sites (tertiary alicyclic amines) is 1. The van der Waals surface area contributed by atoms with E-state index in [-0.39, 0.29) is 0 Å². The van der Waals surface area contributed by atoms with E-state index >= 15 is 0 Å². The summed E-state index contributed by atoms with van der Waals surface area (Å²) in [5, 5.41) is 11.1. The van der Waals surface area contributed by atoms with Crippen LogP contribution in [-0.2, 0) is 0 Å². The summed E-state index contributed by atoms with van der Waals surface area (Å²) in [6, 6.07) is 9.13. The summed E-state index contributed by atoms with van der Waals surface area (Å²) < 4.78 is 10.1. The molecule has 168 valence electrons. The molecule has 3 fully saturated rings. The Balaban J connectivity index is 1.14. The highest BCUT2D eigenvalue weighted by Crippen LogP contribution is 2.49. The third kappa shape index (κ3) is 4.59. The second-order valence-corrected chi connectivity index (χ2v) is 11.2. The van der Waals surface area contributed by atoms with E-state index in [9.17, 15) is 5.11 Å². The number of hydrogen-bond donors (Lipinski definition) is 1. The van der Waals surface area contributed by atoms with Crippen molar-refractivity contribution in [3.8, 4) is 5.75 Å². The zero-order chi connectivity index (χ0) is 21.5. The first-order valence-corrected chi connectivity index (χ1v) is 12.4. The molecule has 2 aromatic rings. The van der Waals surface area contributed by atoms with Gasteiger partial charge in [-0.25, -0.2) is 4.98 Å². The fraction of sp³-hybridized carbons (Fsp3) is 0.667. The van der Waals surface area contributed by atoms with Gasteiger partial charge in [-0.3, -0.25) is 0 Å². The van der Waals surface area contributed by atoms with Crippen LogP contribution in [0.5, 0.6) is 5.75 Å². The summed E-state index contributed by atoms with van der Waals surface area (Å²) in [5.41, 5.74) is 0.994. The van der Waals surface area contributed by atoms with E-state index in [2.05, 4.69) is 37.4 Å². The number of aromatic nitrogens is 2. The molecule has 0 bridgehead atoms. The van der Waals surface area contributed by atoms with Crippen molar-refractivity contribution in [2.75, 3.05) is 37.7 Å². The van der Waals surface area contributed by atoms with Gasteiger partial charge in [0.1, 0.15) is 18.7 Å². The molecule has 6 nitrogen and oxygen atoms in total. The van der Waals surface area contributed by atoms with E-state index in [1.54, 1.807) is 20.2 Å². The molecule has 1 spiro atoms. The lowest BCUT2D eigenvalue weighted by atomic mass is 9.78. The van der Waals surface area contributed by atoms with Crippen molar-refractivity contribution < 1.29 is 9.84 Å². The van der Waals surface area contributed by atoms with E-state index in [0.717, 1.165) is 30.0 Å². The van der Waals surface area contributed by atoms with Crippen LogP contribution in [0.15, 0.2) is 30.6 Å². The Morgan fingerprint density at radius 1 is 1.19 bits per heavy atom. The lowest BCUT2D eigenvalue weighted by Crippen LogP contribution is -2.56. The molecule has 1 aliphatic carbocycles. The zero-order valence-corrected chi connectivity index (χ0v) is 19.5. The van der Waals surface area contributed by atoms with Crippen LogP contribution in [0.25, 0.3) is 0 Å². The first kappa shape index (κ1) is 21.2. The number of nitrogens with zero attached hydrogens (tertiary/aromatic N) is 4. The number of aliphatic hydroxyl groups is 1. The minimum Gasteiger partial charge on any atom is -0.490 e. The van der Waals surface area contributed by atoms with Crippen molar-refractivity contribution in [1.29, 1.82) is 0 Å². The third-order valence-electron chi connectivity index (χ3n) is 7.33. The molecule has 2 saturated heterocycles. The standard InChI is InChI=1S/C24H34N4O2S/c1-23(2,29)16-30-21-6-4-3-5-20(21)18-8-11-27(12-9-18)19-7-10-24(13-19)14-28(15-24)22-25-17-26-31-22/h3-6,17-19,29H,7-16H2,1-2H3/t19-/m1/s1. The fourth-order valence-electron chi connectivity index (χ4n) is 5.76. The summed E-state index contributed by atoms with van der Waals surface area (Å²) in [5.74, 6) is 1.48. The van der Waals surface area contributed by atoms with Gasteiger partial charge in [0, 0.05) is 36.1 Å². The van der Waals surface area contributed by atoms with Gasteiger partial charge in [-0.2, -0.15) is 4.37 Å². The highest BCUT2D eigenvalue weighted by Gasteiger charge is 2.50. The molecule has 31 heavy (non-hydrogen) atoms. The quantitative estimate of drug-likeness (QED) is 0.732. The summed E-state index contributed by atoms with van der Waals surface area (Å²) in [7, 11) is 0. The lowest BCUT2D eigenvalue weighted by molar-refractivity contribution is 0.0278. The van der Waals surface area contributed by atoms with Gasteiger partial charge in [0.2, 0.25) is 5.13 Å². The van der Waals surface area contributed by atoms with E-state index in [1.165, 1.54) is 62.3 Å². The highest BCUT2D eigenvalue weighted by atomic mass is 32.1. The second kappa shape index (κ2) is 8.34. The average Bonchev–Trinajstić information content (AvgIpc) is 3.41. The Morgan fingerprint density at radius 3 is 2.68 bits per heavy atom. The molecular weight excluding hydrogens is 408 g/mol. The van der Waals surface area contributed by atoms with Gasteiger partial charge in [-0.05, 0) is 76.6 Å². The fourth-order valence-corrected chi connectivity index (χ4v) is 6.29. The van der Waals surface area contributed by atoms with Crippen molar-refractivity contribution in [1.82, 2.24) is 14.3 Å². The van der Waals surface area contributed by atoms with Crippen LogP contribution < -0.4 is 9.64 Å². The molecule has 0 unspecified atom stereocenters. The smallest absolute Gasteiger partial charge is 0.204 e. The van der Waals surface area contributed by atoms with Crippen LogP contribution in [0.1, 0.15) is 57.4 Å². The number of rotatable bonds is 6. The number of para-hydroxylation sites is 1. The maximum atomic E-state index is 10.0. The topological polar surface area (TPSA) is 61.7 Å². The van der Waals surface area contributed by atoms with Crippen LogP contribution >= 0.6 is 11.5 Å². The van der Waals surface area contributed by atoms with E-state index in [1.807, 2.05) is 6.07 Å². The molecule has 3 heterocycles. The SMILES string of the molecule is CC(C)(O)COc1ccccc1C1CCN([C@@H]2CCC3(C2)CN(c2ncns2)C3)CC1. The van der Waals surface area contributed by atoms with Gasteiger partial charge >= 0.3 is 0 Å². The van der Waals surface area contributed by atoms with Crippen molar-refractivity contribution in [3.63, 3.8) is 0 Å². The van der Waals surface area contributed by atoms with E-state index in [4.69, 9.17) is 4.74 Å². The van der Waals surface area contributed by atoms with Crippen molar-refractivity contribution in [2.24, 2.45) is 5.41 Å². The monoisotopic (exact) mass is 442 g/mol. The minimum atomic E-state index is -0.817. The van der Waals surface area contributed by atoms with Gasteiger partial charge in [0.05, 0.1) is 5.60 Å². The summed E-state index contributed by atoms with van der Waals surface area (Å²) >= 11 is 1.51. The van der Waals surface area contributed by atoms with Gasteiger partial charge in [-0.15, -0.1) is 0 Å². The summed E-state index contributed by atoms with van der Waals surface area (Å²) in [6.45, 7) is 8.55.